The normalized spacial score (nSPS) is 14.3. The predicted octanol–water partition coefficient (Wildman–Crippen LogP) is 4.70. The first-order chi connectivity index (χ1) is 11.5. The van der Waals surface area contributed by atoms with E-state index in [0.717, 1.165) is 5.56 Å². The standard InChI is InChI=1S/C22H21N2/c1-14-9-10-15-7-6-8-17-19(15)18(14)21-20(22(17,2)3)16(13-23-4)11-12-24(21)5/h6-12H,13H2,1-3,5H3/q+1. The van der Waals surface area contributed by atoms with E-state index >= 15 is 0 Å². The summed E-state index contributed by atoms with van der Waals surface area (Å²) in [5, 5.41) is 2.66. The lowest BCUT2D eigenvalue weighted by Crippen LogP contribution is -2.38. The molecule has 3 aromatic rings. The number of pyridine rings is 1. The number of aromatic nitrogens is 1. The van der Waals surface area contributed by atoms with Gasteiger partial charge in [0.15, 0.2) is 6.20 Å². The van der Waals surface area contributed by atoms with E-state index in [2.05, 4.69) is 79.8 Å². The van der Waals surface area contributed by atoms with Crippen LogP contribution in [0.3, 0.4) is 0 Å². The van der Waals surface area contributed by atoms with Gasteiger partial charge in [0.05, 0.1) is 5.56 Å². The molecule has 118 valence electrons. The van der Waals surface area contributed by atoms with Gasteiger partial charge in [-0.1, -0.05) is 44.2 Å². The number of aryl methyl sites for hydroxylation is 2. The summed E-state index contributed by atoms with van der Waals surface area (Å²) in [6, 6.07) is 13.2. The predicted molar refractivity (Wildman–Crippen MR) is 97.7 cm³/mol. The molecule has 0 aliphatic heterocycles. The SMILES string of the molecule is [C-]#[N+]Cc1cc[n+](C)c2c1C(C)(C)c1cccc3ccc(C)c-2c13. The molecule has 2 heteroatoms. The van der Waals surface area contributed by atoms with E-state index in [9.17, 15) is 0 Å². The fourth-order valence-corrected chi connectivity index (χ4v) is 4.35. The molecule has 0 saturated carbocycles. The third-order valence-electron chi connectivity index (χ3n) is 5.45. The first-order valence-electron chi connectivity index (χ1n) is 8.35. The smallest absolute Gasteiger partial charge is 0.240 e. The number of hydrogen-bond acceptors (Lipinski definition) is 0. The Balaban J connectivity index is 2.28. The Kier molecular flexibility index (Phi) is 3.05. The zero-order valence-corrected chi connectivity index (χ0v) is 14.6. The molecular formula is C22H21N2+. The van der Waals surface area contributed by atoms with Crippen molar-refractivity contribution in [1.82, 2.24) is 0 Å². The van der Waals surface area contributed by atoms with Gasteiger partial charge >= 0.3 is 0 Å². The molecule has 2 aromatic carbocycles. The van der Waals surface area contributed by atoms with Crippen molar-refractivity contribution in [2.24, 2.45) is 7.05 Å². The van der Waals surface area contributed by atoms with Gasteiger partial charge in [-0.05, 0) is 28.8 Å². The van der Waals surface area contributed by atoms with E-state index in [0.29, 0.717) is 6.54 Å². The third-order valence-corrected chi connectivity index (χ3v) is 5.45. The first-order valence-corrected chi connectivity index (χ1v) is 8.35. The van der Waals surface area contributed by atoms with Gasteiger partial charge in [0.2, 0.25) is 12.2 Å². The fraction of sp³-hybridized carbons (Fsp3) is 0.273. The van der Waals surface area contributed by atoms with Crippen molar-refractivity contribution < 1.29 is 4.57 Å². The van der Waals surface area contributed by atoms with Crippen LogP contribution in [-0.4, -0.2) is 0 Å². The summed E-state index contributed by atoms with van der Waals surface area (Å²) in [7, 11) is 2.11. The highest BCUT2D eigenvalue weighted by atomic mass is 14.9. The summed E-state index contributed by atoms with van der Waals surface area (Å²) >= 11 is 0. The second-order valence-electron chi connectivity index (χ2n) is 7.28. The summed E-state index contributed by atoms with van der Waals surface area (Å²) in [6.45, 7) is 14.6. The summed E-state index contributed by atoms with van der Waals surface area (Å²) in [4.78, 5) is 3.68. The number of rotatable bonds is 1. The third kappa shape index (κ3) is 1.79. The van der Waals surface area contributed by atoms with Gasteiger partial charge in [0, 0.05) is 22.6 Å². The minimum absolute atomic E-state index is 0.116. The lowest BCUT2D eigenvalue weighted by atomic mass is 9.67. The Bertz CT molecular complexity index is 1040. The topological polar surface area (TPSA) is 8.24 Å². The van der Waals surface area contributed by atoms with Crippen LogP contribution in [0.1, 0.15) is 36.1 Å². The molecule has 0 fully saturated rings. The van der Waals surface area contributed by atoms with Gasteiger partial charge in [-0.2, -0.15) is 0 Å². The molecular weight excluding hydrogens is 292 g/mol. The molecule has 2 nitrogen and oxygen atoms in total. The van der Waals surface area contributed by atoms with Crippen LogP contribution in [0.15, 0.2) is 42.6 Å². The van der Waals surface area contributed by atoms with E-state index in [1.54, 1.807) is 0 Å². The van der Waals surface area contributed by atoms with Crippen LogP contribution in [0.4, 0.5) is 0 Å². The highest BCUT2D eigenvalue weighted by molar-refractivity contribution is 6.03. The second-order valence-corrected chi connectivity index (χ2v) is 7.28. The zero-order chi connectivity index (χ0) is 17.1. The molecule has 0 atom stereocenters. The van der Waals surface area contributed by atoms with Crippen molar-refractivity contribution in [2.75, 3.05) is 0 Å². The molecule has 0 spiro atoms. The molecule has 0 saturated heterocycles. The van der Waals surface area contributed by atoms with Crippen LogP contribution in [0.25, 0.3) is 26.9 Å². The van der Waals surface area contributed by atoms with Crippen molar-refractivity contribution in [3.05, 3.63) is 76.3 Å². The van der Waals surface area contributed by atoms with Crippen LogP contribution >= 0.6 is 0 Å². The van der Waals surface area contributed by atoms with Gasteiger partial charge < -0.3 is 4.85 Å². The van der Waals surface area contributed by atoms with E-state index in [4.69, 9.17) is 6.57 Å². The summed E-state index contributed by atoms with van der Waals surface area (Å²) in [5.41, 5.74) is 7.58. The number of fused-ring (bicyclic) bond motifs is 2. The van der Waals surface area contributed by atoms with Crippen LogP contribution in [0.5, 0.6) is 0 Å². The Labute approximate surface area is 143 Å². The number of nitrogens with zero attached hydrogens (tertiary/aromatic N) is 2. The molecule has 0 radical (unpaired) electrons. The zero-order valence-electron chi connectivity index (χ0n) is 14.6. The van der Waals surface area contributed by atoms with Crippen molar-refractivity contribution >= 4 is 10.8 Å². The Morgan fingerprint density at radius 1 is 1.12 bits per heavy atom. The van der Waals surface area contributed by atoms with Crippen LogP contribution in [0.2, 0.25) is 0 Å². The molecule has 1 aromatic heterocycles. The number of benzene rings is 2. The molecule has 1 aliphatic carbocycles. The highest BCUT2D eigenvalue weighted by Crippen LogP contribution is 2.49. The van der Waals surface area contributed by atoms with E-state index in [-0.39, 0.29) is 5.41 Å². The fourth-order valence-electron chi connectivity index (χ4n) is 4.35. The molecule has 1 heterocycles. The Hall–Kier alpha value is -2.66. The van der Waals surface area contributed by atoms with Gasteiger partial charge in [0.1, 0.15) is 7.05 Å². The second kappa shape index (κ2) is 4.92. The van der Waals surface area contributed by atoms with Crippen molar-refractivity contribution in [3.63, 3.8) is 0 Å². The summed E-state index contributed by atoms with van der Waals surface area (Å²) < 4.78 is 2.22. The van der Waals surface area contributed by atoms with E-state index in [1.807, 2.05) is 0 Å². The average molecular weight is 313 g/mol. The Morgan fingerprint density at radius 3 is 2.67 bits per heavy atom. The molecule has 0 bridgehead atoms. The van der Waals surface area contributed by atoms with Crippen molar-refractivity contribution in [3.8, 4) is 11.3 Å². The van der Waals surface area contributed by atoms with Crippen LogP contribution < -0.4 is 4.57 Å². The van der Waals surface area contributed by atoms with E-state index in [1.165, 1.54) is 38.7 Å². The number of hydrogen-bond donors (Lipinski definition) is 0. The maximum absolute atomic E-state index is 7.36. The van der Waals surface area contributed by atoms with Gasteiger partial charge in [-0.25, -0.2) is 11.1 Å². The highest BCUT2D eigenvalue weighted by Gasteiger charge is 2.41. The lowest BCUT2D eigenvalue weighted by molar-refractivity contribution is -0.661. The summed E-state index contributed by atoms with van der Waals surface area (Å²) in [6.07, 6.45) is 2.10. The van der Waals surface area contributed by atoms with E-state index < -0.39 is 0 Å². The average Bonchev–Trinajstić information content (AvgIpc) is 2.55. The first kappa shape index (κ1) is 14.9. The van der Waals surface area contributed by atoms with Crippen molar-refractivity contribution in [1.29, 1.82) is 0 Å². The molecule has 24 heavy (non-hydrogen) atoms. The molecule has 0 N–H and O–H groups in total. The monoisotopic (exact) mass is 313 g/mol. The lowest BCUT2D eigenvalue weighted by Gasteiger charge is -2.34. The molecule has 1 aliphatic rings. The van der Waals surface area contributed by atoms with Crippen LogP contribution in [0, 0.1) is 13.5 Å². The van der Waals surface area contributed by atoms with Crippen LogP contribution in [-0.2, 0) is 19.0 Å². The quantitative estimate of drug-likeness (QED) is 0.455. The Morgan fingerprint density at radius 2 is 1.92 bits per heavy atom. The minimum atomic E-state index is -0.116. The minimum Gasteiger partial charge on any atom is -0.312 e. The maximum Gasteiger partial charge on any atom is 0.240 e. The molecule has 0 unspecified atom stereocenters. The largest absolute Gasteiger partial charge is 0.312 e. The van der Waals surface area contributed by atoms with Gasteiger partial charge in [0.25, 0.3) is 0 Å². The molecule has 4 rings (SSSR count). The summed E-state index contributed by atoms with van der Waals surface area (Å²) in [5.74, 6) is 0. The molecule has 0 amide bonds. The van der Waals surface area contributed by atoms with Crippen molar-refractivity contribution in [2.45, 2.75) is 32.7 Å². The van der Waals surface area contributed by atoms with Gasteiger partial charge in [-0.15, -0.1) is 0 Å². The van der Waals surface area contributed by atoms with Gasteiger partial charge in [-0.3, -0.25) is 0 Å². The maximum atomic E-state index is 7.36.